The van der Waals surface area contributed by atoms with Crippen LogP contribution in [0.1, 0.15) is 52.4 Å². The van der Waals surface area contributed by atoms with Gasteiger partial charge in [0.15, 0.2) is 0 Å². The molecule has 0 aromatic rings. The zero-order valence-corrected chi connectivity index (χ0v) is 14.2. The lowest BCUT2D eigenvalue weighted by Crippen LogP contribution is -2.63. The van der Waals surface area contributed by atoms with Gasteiger partial charge >= 0.3 is 0 Å². The molecule has 1 amide bonds. The van der Waals surface area contributed by atoms with Crippen molar-refractivity contribution in [2.75, 3.05) is 7.11 Å². The summed E-state index contributed by atoms with van der Waals surface area (Å²) < 4.78 is 5.45. The second-order valence-electron chi connectivity index (χ2n) is 7.45. The summed E-state index contributed by atoms with van der Waals surface area (Å²) in [6, 6.07) is 0.866. The molecule has 5 atom stereocenters. The fourth-order valence-corrected chi connectivity index (χ4v) is 4.32. The highest BCUT2D eigenvalue weighted by Gasteiger charge is 2.50. The molecular formula is C16H29ClN2O2. The van der Waals surface area contributed by atoms with Gasteiger partial charge in [-0.3, -0.25) is 4.79 Å². The van der Waals surface area contributed by atoms with Crippen LogP contribution in [0.2, 0.25) is 0 Å². The number of hydrogen-bond acceptors (Lipinski definition) is 3. The Bertz CT molecular complexity index is 374. The van der Waals surface area contributed by atoms with E-state index < -0.39 is 0 Å². The Morgan fingerprint density at radius 1 is 1.24 bits per heavy atom. The summed E-state index contributed by atoms with van der Waals surface area (Å²) in [7, 11) is 1.76. The predicted octanol–water partition coefficient (Wildman–Crippen LogP) is 2.26. The molecule has 3 fully saturated rings. The molecule has 0 spiro atoms. The number of amides is 1. The summed E-state index contributed by atoms with van der Waals surface area (Å²) in [6.07, 6.45) is 7.42. The number of fused-ring (bicyclic) bond motifs is 1. The zero-order valence-electron chi connectivity index (χ0n) is 13.4. The quantitative estimate of drug-likeness (QED) is 0.839. The van der Waals surface area contributed by atoms with Crippen molar-refractivity contribution in [3.05, 3.63) is 0 Å². The summed E-state index contributed by atoms with van der Waals surface area (Å²) in [4.78, 5) is 12.5. The van der Waals surface area contributed by atoms with Crippen LogP contribution < -0.4 is 10.6 Å². The molecule has 1 aliphatic heterocycles. The number of rotatable bonds is 3. The monoisotopic (exact) mass is 316 g/mol. The van der Waals surface area contributed by atoms with Gasteiger partial charge in [0.1, 0.15) is 0 Å². The number of methoxy groups -OCH3 is 1. The van der Waals surface area contributed by atoms with E-state index in [1.807, 2.05) is 0 Å². The molecule has 5 heteroatoms. The third-order valence-corrected chi connectivity index (χ3v) is 5.96. The topological polar surface area (TPSA) is 50.4 Å². The number of halogens is 1. The average Bonchev–Trinajstić information content (AvgIpc) is 2.86. The highest BCUT2D eigenvalue weighted by Crippen LogP contribution is 2.42. The highest BCUT2D eigenvalue weighted by atomic mass is 35.5. The fourth-order valence-electron chi connectivity index (χ4n) is 4.32. The summed E-state index contributed by atoms with van der Waals surface area (Å²) in [6.45, 7) is 4.36. The summed E-state index contributed by atoms with van der Waals surface area (Å²) in [5, 5.41) is 6.80. The first-order valence-corrected chi connectivity index (χ1v) is 8.11. The first kappa shape index (κ1) is 17.0. The third-order valence-electron chi connectivity index (χ3n) is 5.96. The van der Waals surface area contributed by atoms with Crippen molar-refractivity contribution in [2.24, 2.45) is 11.3 Å². The van der Waals surface area contributed by atoms with Gasteiger partial charge < -0.3 is 15.4 Å². The van der Waals surface area contributed by atoms with Crippen molar-refractivity contribution in [1.82, 2.24) is 10.6 Å². The fraction of sp³-hybridized carbons (Fsp3) is 0.938. The zero-order chi connectivity index (χ0) is 14.3. The van der Waals surface area contributed by atoms with Gasteiger partial charge in [0.2, 0.25) is 5.91 Å². The van der Waals surface area contributed by atoms with E-state index in [1.54, 1.807) is 7.11 Å². The van der Waals surface area contributed by atoms with E-state index in [4.69, 9.17) is 4.74 Å². The van der Waals surface area contributed by atoms with Crippen molar-refractivity contribution in [3.8, 4) is 0 Å². The van der Waals surface area contributed by atoms with Gasteiger partial charge in [0.25, 0.3) is 0 Å². The molecule has 1 saturated heterocycles. The highest BCUT2D eigenvalue weighted by molar-refractivity contribution is 5.85. The minimum atomic E-state index is 0. The van der Waals surface area contributed by atoms with Crippen LogP contribution in [0.5, 0.6) is 0 Å². The van der Waals surface area contributed by atoms with Gasteiger partial charge in [-0.05, 0) is 31.6 Å². The lowest BCUT2D eigenvalue weighted by atomic mass is 9.64. The predicted molar refractivity (Wildman–Crippen MR) is 85.7 cm³/mol. The van der Waals surface area contributed by atoms with Gasteiger partial charge in [0, 0.05) is 24.6 Å². The van der Waals surface area contributed by atoms with Crippen molar-refractivity contribution in [2.45, 2.75) is 76.6 Å². The van der Waals surface area contributed by atoms with Crippen LogP contribution in [0, 0.1) is 11.3 Å². The molecule has 21 heavy (non-hydrogen) atoms. The molecule has 1 heterocycles. The molecule has 4 nitrogen and oxygen atoms in total. The van der Waals surface area contributed by atoms with Crippen molar-refractivity contribution < 1.29 is 9.53 Å². The van der Waals surface area contributed by atoms with E-state index in [1.165, 1.54) is 25.7 Å². The maximum Gasteiger partial charge on any atom is 0.237 e. The Morgan fingerprint density at radius 3 is 2.57 bits per heavy atom. The largest absolute Gasteiger partial charge is 0.381 e. The van der Waals surface area contributed by atoms with Crippen LogP contribution >= 0.6 is 12.4 Å². The van der Waals surface area contributed by atoms with Crippen LogP contribution in [-0.2, 0) is 9.53 Å². The SMILES string of the molecule is COC1CC(NC(=O)C2CC3CCCCC3N2)C1(C)C.Cl. The molecule has 2 saturated carbocycles. The lowest BCUT2D eigenvalue weighted by Gasteiger charge is -2.51. The first-order valence-electron chi connectivity index (χ1n) is 8.11. The normalized spacial score (nSPS) is 40.6. The Balaban J connectivity index is 0.00000161. The number of hydrogen-bond donors (Lipinski definition) is 2. The van der Waals surface area contributed by atoms with Gasteiger partial charge in [-0.2, -0.15) is 0 Å². The number of carbonyl (C=O) groups excluding carboxylic acids is 1. The van der Waals surface area contributed by atoms with E-state index in [-0.39, 0.29) is 41.9 Å². The van der Waals surface area contributed by atoms with Crippen LogP contribution in [0.4, 0.5) is 0 Å². The van der Waals surface area contributed by atoms with E-state index in [9.17, 15) is 4.79 Å². The summed E-state index contributed by atoms with van der Waals surface area (Å²) in [5.74, 6) is 0.924. The Labute approximate surface area is 134 Å². The molecular weight excluding hydrogens is 288 g/mol. The second-order valence-corrected chi connectivity index (χ2v) is 7.45. The molecule has 122 valence electrons. The molecule has 3 rings (SSSR count). The Kier molecular flexibility index (Phi) is 5.22. The van der Waals surface area contributed by atoms with Crippen LogP contribution in [0.3, 0.4) is 0 Å². The van der Waals surface area contributed by atoms with Crippen LogP contribution in [0.15, 0.2) is 0 Å². The van der Waals surface area contributed by atoms with E-state index in [0.29, 0.717) is 6.04 Å². The van der Waals surface area contributed by atoms with Crippen molar-refractivity contribution in [3.63, 3.8) is 0 Å². The van der Waals surface area contributed by atoms with E-state index >= 15 is 0 Å². The molecule has 5 unspecified atom stereocenters. The van der Waals surface area contributed by atoms with Crippen LogP contribution in [0.25, 0.3) is 0 Å². The van der Waals surface area contributed by atoms with Crippen molar-refractivity contribution >= 4 is 18.3 Å². The molecule has 0 radical (unpaired) electrons. The average molecular weight is 317 g/mol. The van der Waals surface area contributed by atoms with E-state index in [0.717, 1.165) is 18.8 Å². The van der Waals surface area contributed by atoms with Gasteiger partial charge in [-0.15, -0.1) is 12.4 Å². The van der Waals surface area contributed by atoms with Crippen LogP contribution in [-0.4, -0.2) is 37.2 Å². The first-order chi connectivity index (χ1) is 9.52. The minimum absolute atomic E-state index is 0. The second kappa shape index (κ2) is 6.43. The summed E-state index contributed by atoms with van der Waals surface area (Å²) >= 11 is 0. The Morgan fingerprint density at radius 2 is 1.95 bits per heavy atom. The smallest absolute Gasteiger partial charge is 0.237 e. The molecule has 2 aliphatic carbocycles. The number of carbonyl (C=O) groups is 1. The molecule has 0 aromatic carbocycles. The van der Waals surface area contributed by atoms with Gasteiger partial charge in [-0.25, -0.2) is 0 Å². The molecule has 0 aromatic heterocycles. The molecule has 0 bridgehead atoms. The maximum atomic E-state index is 12.5. The minimum Gasteiger partial charge on any atom is -0.381 e. The third kappa shape index (κ3) is 3.08. The summed E-state index contributed by atoms with van der Waals surface area (Å²) in [5.41, 5.74) is 0.0514. The van der Waals surface area contributed by atoms with Gasteiger partial charge in [-0.1, -0.05) is 26.7 Å². The Hall–Kier alpha value is -0.320. The number of nitrogens with one attached hydrogen (secondary N) is 2. The van der Waals surface area contributed by atoms with Crippen molar-refractivity contribution in [1.29, 1.82) is 0 Å². The molecule has 3 aliphatic rings. The van der Waals surface area contributed by atoms with E-state index in [2.05, 4.69) is 24.5 Å². The number of ether oxygens (including phenoxy) is 1. The van der Waals surface area contributed by atoms with Gasteiger partial charge in [0.05, 0.1) is 12.1 Å². The molecule has 2 N–H and O–H groups in total. The lowest BCUT2D eigenvalue weighted by molar-refractivity contribution is -0.134. The maximum absolute atomic E-state index is 12.5. The standard InChI is InChI=1S/C16H28N2O2.ClH/c1-16(2)13(9-14(16)20-3)18-15(19)12-8-10-6-4-5-7-11(10)17-12;/h10-14,17H,4-9H2,1-3H3,(H,18,19);1H.